The summed E-state index contributed by atoms with van der Waals surface area (Å²) in [6.07, 6.45) is 1.55. The molecule has 0 fully saturated rings. The zero-order chi connectivity index (χ0) is 20.2. The predicted octanol–water partition coefficient (Wildman–Crippen LogP) is 3.03. The molecule has 1 aromatic rings. The molecule has 6 nitrogen and oxygen atoms in total. The van der Waals surface area contributed by atoms with Crippen LogP contribution in [0.25, 0.3) is 0 Å². The molecule has 0 N–H and O–H groups in total. The maximum Gasteiger partial charge on any atom is 0.355 e. The molecule has 1 aromatic heterocycles. The Bertz CT molecular complexity index is 722. The fraction of sp³-hybridized carbons (Fsp3) is 0.526. The first kappa shape index (κ1) is 22.0. The molecular formula is C19H27ClN2O4. The maximum atomic E-state index is 13.1. The average molecular weight is 383 g/mol. The van der Waals surface area contributed by atoms with Gasteiger partial charge in [-0.3, -0.25) is 9.59 Å². The molecule has 0 aliphatic carbocycles. The Labute approximate surface area is 159 Å². The Morgan fingerprint density at radius 3 is 2.35 bits per heavy atom. The lowest BCUT2D eigenvalue weighted by molar-refractivity contribution is -0.131. The largest absolute Gasteiger partial charge is 0.461 e. The van der Waals surface area contributed by atoms with Crippen molar-refractivity contribution in [1.29, 1.82) is 0 Å². The third-order valence-electron chi connectivity index (χ3n) is 4.44. The topological polar surface area (TPSA) is 68.6 Å². The molecule has 1 heterocycles. The molecule has 0 saturated heterocycles. The van der Waals surface area contributed by atoms with Crippen LogP contribution in [0.2, 0.25) is 0 Å². The molecule has 0 aliphatic rings. The van der Waals surface area contributed by atoms with Gasteiger partial charge >= 0.3 is 5.97 Å². The van der Waals surface area contributed by atoms with Crippen molar-refractivity contribution in [1.82, 2.24) is 9.47 Å². The highest BCUT2D eigenvalue weighted by atomic mass is 35.5. The highest BCUT2D eigenvalue weighted by Crippen LogP contribution is 2.25. The van der Waals surface area contributed by atoms with Gasteiger partial charge in [0.25, 0.3) is 0 Å². The number of nitrogens with zero attached hydrogens (tertiary/aromatic N) is 2. The van der Waals surface area contributed by atoms with E-state index in [1.54, 1.807) is 52.3 Å². The summed E-state index contributed by atoms with van der Waals surface area (Å²) in [7, 11) is 1.71. The van der Waals surface area contributed by atoms with Crippen molar-refractivity contribution in [3.63, 3.8) is 0 Å². The van der Waals surface area contributed by atoms with E-state index >= 15 is 0 Å². The Balaban J connectivity index is 3.35. The van der Waals surface area contributed by atoms with Crippen LogP contribution in [0.4, 0.5) is 0 Å². The van der Waals surface area contributed by atoms with Gasteiger partial charge in [-0.05, 0) is 40.2 Å². The molecule has 7 heteroatoms. The Hall–Kier alpha value is -2.08. The summed E-state index contributed by atoms with van der Waals surface area (Å²) in [4.78, 5) is 39.1. The quantitative estimate of drug-likeness (QED) is 0.300. The van der Waals surface area contributed by atoms with Crippen LogP contribution in [0.1, 0.15) is 52.9 Å². The molecule has 0 unspecified atom stereocenters. The van der Waals surface area contributed by atoms with E-state index < -0.39 is 17.4 Å². The Morgan fingerprint density at radius 1 is 1.31 bits per heavy atom. The van der Waals surface area contributed by atoms with Gasteiger partial charge < -0.3 is 14.2 Å². The van der Waals surface area contributed by atoms with Gasteiger partial charge in [-0.25, -0.2) is 4.79 Å². The van der Waals surface area contributed by atoms with Crippen LogP contribution in [0.3, 0.4) is 0 Å². The maximum absolute atomic E-state index is 13.1. The number of ketones is 1. The van der Waals surface area contributed by atoms with Gasteiger partial charge in [0.05, 0.1) is 12.6 Å². The molecule has 0 radical (unpaired) electrons. The number of carbonyl (C=O) groups excluding carboxylic acids is 3. The van der Waals surface area contributed by atoms with Gasteiger partial charge in [-0.1, -0.05) is 6.08 Å². The van der Waals surface area contributed by atoms with Crippen molar-refractivity contribution in [2.45, 2.75) is 46.0 Å². The molecule has 26 heavy (non-hydrogen) atoms. The van der Waals surface area contributed by atoms with Gasteiger partial charge in [-0.15, -0.1) is 18.2 Å². The van der Waals surface area contributed by atoms with Crippen molar-refractivity contribution in [3.05, 3.63) is 35.2 Å². The van der Waals surface area contributed by atoms with Crippen molar-refractivity contribution < 1.29 is 19.1 Å². The third-order valence-corrected chi connectivity index (χ3v) is 4.63. The van der Waals surface area contributed by atoms with Crippen molar-refractivity contribution >= 4 is 29.3 Å². The summed E-state index contributed by atoms with van der Waals surface area (Å²) < 4.78 is 6.74. The fourth-order valence-corrected chi connectivity index (χ4v) is 3.11. The second-order valence-corrected chi connectivity index (χ2v) is 6.80. The summed E-state index contributed by atoms with van der Waals surface area (Å²) in [5.41, 5.74) is 1.96. The van der Waals surface area contributed by atoms with E-state index in [0.29, 0.717) is 22.5 Å². The number of halogens is 1. The second kappa shape index (κ2) is 9.03. The van der Waals surface area contributed by atoms with E-state index in [9.17, 15) is 14.4 Å². The monoisotopic (exact) mass is 382 g/mol. The highest BCUT2D eigenvalue weighted by molar-refractivity contribution is 6.30. The SMILES string of the molecule is C=CCN(C(=O)[C@H](C)Cl)[C@H](C)C(=O)c1c(C)c(C(=O)OCC)n(C)c1C. The van der Waals surface area contributed by atoms with E-state index in [1.165, 1.54) is 4.90 Å². The number of hydrogen-bond donors (Lipinski definition) is 0. The third kappa shape index (κ3) is 4.18. The lowest BCUT2D eigenvalue weighted by atomic mass is 9.99. The fourth-order valence-electron chi connectivity index (χ4n) is 2.99. The van der Waals surface area contributed by atoms with E-state index in [2.05, 4.69) is 6.58 Å². The van der Waals surface area contributed by atoms with Crippen LogP contribution in [0.5, 0.6) is 0 Å². The van der Waals surface area contributed by atoms with Crippen LogP contribution in [0, 0.1) is 13.8 Å². The minimum Gasteiger partial charge on any atom is -0.461 e. The van der Waals surface area contributed by atoms with E-state index in [1.807, 2.05) is 0 Å². The minimum atomic E-state index is -0.752. The zero-order valence-corrected chi connectivity index (χ0v) is 17.0. The number of aromatic nitrogens is 1. The molecule has 0 saturated carbocycles. The van der Waals surface area contributed by atoms with Crippen molar-refractivity contribution in [2.24, 2.45) is 7.05 Å². The smallest absolute Gasteiger partial charge is 0.355 e. The lowest BCUT2D eigenvalue weighted by Crippen LogP contribution is -2.46. The predicted molar refractivity (Wildman–Crippen MR) is 102 cm³/mol. The summed E-state index contributed by atoms with van der Waals surface area (Å²) in [5, 5.41) is -0.752. The van der Waals surface area contributed by atoms with Crippen LogP contribution in [-0.4, -0.2) is 51.7 Å². The van der Waals surface area contributed by atoms with E-state index in [4.69, 9.17) is 16.3 Å². The number of alkyl halides is 1. The normalized spacial score (nSPS) is 13.0. The lowest BCUT2D eigenvalue weighted by Gasteiger charge is -2.28. The van der Waals surface area contributed by atoms with Gasteiger partial charge in [-0.2, -0.15) is 0 Å². The minimum absolute atomic E-state index is 0.207. The zero-order valence-electron chi connectivity index (χ0n) is 16.3. The van der Waals surface area contributed by atoms with Crippen LogP contribution < -0.4 is 0 Å². The summed E-state index contributed by atoms with van der Waals surface area (Å²) in [6.45, 7) is 12.5. The Kier molecular flexibility index (Phi) is 7.63. The summed E-state index contributed by atoms with van der Waals surface area (Å²) in [5.74, 6) is -1.07. The number of esters is 1. The molecule has 144 valence electrons. The molecule has 0 bridgehead atoms. The van der Waals surface area contributed by atoms with Crippen LogP contribution in [0.15, 0.2) is 12.7 Å². The van der Waals surface area contributed by atoms with E-state index in [-0.39, 0.29) is 24.8 Å². The van der Waals surface area contributed by atoms with Crippen molar-refractivity contribution in [3.8, 4) is 0 Å². The first-order chi connectivity index (χ1) is 12.1. The summed E-state index contributed by atoms with van der Waals surface area (Å²) >= 11 is 5.92. The summed E-state index contributed by atoms with van der Waals surface area (Å²) in [6, 6.07) is -0.739. The molecule has 0 aromatic carbocycles. The standard InChI is InChI=1S/C19H27ClN2O4/c1-8-10-22(18(24)12(4)20)14(6)17(23)15-11(3)16(19(25)26-9-2)21(7)13(15)5/h8,12,14H,1,9-10H2,2-7H3/t12-,14+/m0/s1. The van der Waals surface area contributed by atoms with Gasteiger partial charge in [0.15, 0.2) is 5.78 Å². The van der Waals surface area contributed by atoms with Crippen LogP contribution >= 0.6 is 11.6 Å². The van der Waals surface area contributed by atoms with Crippen molar-refractivity contribution in [2.75, 3.05) is 13.2 Å². The number of Topliss-reactive ketones (excluding diaryl/α,β-unsaturated/α-hetero) is 1. The molecule has 1 amide bonds. The van der Waals surface area contributed by atoms with Gasteiger partial charge in [0, 0.05) is 24.8 Å². The molecular weight excluding hydrogens is 356 g/mol. The number of rotatable bonds is 8. The van der Waals surface area contributed by atoms with Crippen LogP contribution in [-0.2, 0) is 16.6 Å². The first-order valence-electron chi connectivity index (χ1n) is 8.52. The van der Waals surface area contributed by atoms with E-state index in [0.717, 1.165) is 0 Å². The number of amides is 1. The average Bonchev–Trinajstić information content (AvgIpc) is 2.80. The number of hydrogen-bond acceptors (Lipinski definition) is 4. The molecule has 2 atom stereocenters. The van der Waals surface area contributed by atoms with Gasteiger partial charge in [0.1, 0.15) is 11.1 Å². The van der Waals surface area contributed by atoms with Gasteiger partial charge in [0.2, 0.25) is 5.91 Å². The Morgan fingerprint density at radius 2 is 1.88 bits per heavy atom. The number of ether oxygens (including phenoxy) is 1. The molecule has 0 spiro atoms. The first-order valence-corrected chi connectivity index (χ1v) is 8.96. The molecule has 0 aliphatic heterocycles. The highest BCUT2D eigenvalue weighted by Gasteiger charge is 2.33. The molecule has 1 rings (SSSR count). The number of carbonyl (C=O) groups is 3. The second-order valence-electron chi connectivity index (χ2n) is 6.15.